The van der Waals surface area contributed by atoms with Crippen LogP contribution in [0.1, 0.15) is 5.56 Å². The zero-order valence-electron chi connectivity index (χ0n) is 13.2. The molecule has 0 radical (unpaired) electrons. The number of nitrogens with two attached hydrogens (primary N) is 2. The SMILES string of the molecule is CN=C(N)NCCNC(=O)C1(C(N)=O)Cc2ccccc2N1.Cl.Cl. The first kappa shape index (κ1) is 21.8. The van der Waals surface area contributed by atoms with Crippen LogP contribution in [-0.4, -0.2) is 43.5 Å². The van der Waals surface area contributed by atoms with E-state index in [2.05, 4.69) is 20.9 Å². The van der Waals surface area contributed by atoms with Crippen molar-refractivity contribution < 1.29 is 9.59 Å². The summed E-state index contributed by atoms with van der Waals surface area (Å²) in [5.74, 6) is -0.876. The smallest absolute Gasteiger partial charge is 0.255 e. The molecular weight excluding hydrogens is 355 g/mol. The number of rotatable bonds is 5. The molecule has 0 bridgehead atoms. The summed E-state index contributed by atoms with van der Waals surface area (Å²) < 4.78 is 0. The molecule has 0 saturated heterocycles. The van der Waals surface area contributed by atoms with Gasteiger partial charge in [-0.05, 0) is 11.6 Å². The van der Waals surface area contributed by atoms with E-state index >= 15 is 0 Å². The van der Waals surface area contributed by atoms with Gasteiger partial charge in [0.15, 0.2) is 11.5 Å². The highest BCUT2D eigenvalue weighted by atomic mass is 35.5. The highest BCUT2D eigenvalue weighted by Gasteiger charge is 2.48. The summed E-state index contributed by atoms with van der Waals surface area (Å²) in [6.45, 7) is 0.693. The van der Waals surface area contributed by atoms with Crippen LogP contribution in [0.3, 0.4) is 0 Å². The fourth-order valence-corrected chi connectivity index (χ4v) is 2.35. The first-order chi connectivity index (χ1) is 10.5. The van der Waals surface area contributed by atoms with Gasteiger partial charge in [0.05, 0.1) is 0 Å². The number of hydrogen-bond acceptors (Lipinski definition) is 4. The maximum absolute atomic E-state index is 12.4. The zero-order chi connectivity index (χ0) is 16.2. The summed E-state index contributed by atoms with van der Waals surface area (Å²) >= 11 is 0. The molecule has 1 aromatic carbocycles. The van der Waals surface area contributed by atoms with Gasteiger partial charge in [-0.3, -0.25) is 14.6 Å². The molecule has 1 unspecified atom stereocenters. The third-order valence-electron chi connectivity index (χ3n) is 3.59. The summed E-state index contributed by atoms with van der Waals surface area (Å²) in [5, 5.41) is 8.45. The van der Waals surface area contributed by atoms with E-state index in [9.17, 15) is 9.59 Å². The Morgan fingerprint density at radius 2 is 1.83 bits per heavy atom. The van der Waals surface area contributed by atoms with Gasteiger partial charge in [0.1, 0.15) is 0 Å². The van der Waals surface area contributed by atoms with Gasteiger partial charge in [0.25, 0.3) is 11.8 Å². The number of para-hydroxylation sites is 1. The van der Waals surface area contributed by atoms with Crippen LogP contribution in [0.25, 0.3) is 0 Å². The Bertz CT molecular complexity index is 598. The first-order valence-corrected chi connectivity index (χ1v) is 6.90. The third kappa shape index (κ3) is 4.42. The van der Waals surface area contributed by atoms with Crippen molar-refractivity contribution in [3.05, 3.63) is 29.8 Å². The number of halogens is 2. The Hall–Kier alpha value is -2.19. The summed E-state index contributed by atoms with van der Waals surface area (Å²) in [5.41, 5.74) is 11.1. The van der Waals surface area contributed by atoms with E-state index in [1.807, 2.05) is 24.3 Å². The van der Waals surface area contributed by atoms with Gasteiger partial charge in [-0.2, -0.15) is 0 Å². The second kappa shape index (κ2) is 9.19. The molecule has 2 amide bonds. The maximum atomic E-state index is 12.4. The lowest BCUT2D eigenvalue weighted by molar-refractivity contribution is -0.133. The highest BCUT2D eigenvalue weighted by molar-refractivity contribution is 6.13. The fourth-order valence-electron chi connectivity index (χ4n) is 2.35. The van der Waals surface area contributed by atoms with Crippen molar-refractivity contribution >= 4 is 48.3 Å². The lowest BCUT2D eigenvalue weighted by Crippen LogP contribution is -2.60. The average molecular weight is 377 g/mol. The van der Waals surface area contributed by atoms with Crippen LogP contribution in [0.2, 0.25) is 0 Å². The molecule has 1 aliphatic heterocycles. The van der Waals surface area contributed by atoms with E-state index in [0.29, 0.717) is 13.1 Å². The summed E-state index contributed by atoms with van der Waals surface area (Å²) in [6.07, 6.45) is 0.232. The number of aliphatic imine (C=N–C) groups is 1. The minimum absolute atomic E-state index is 0. The second-order valence-corrected chi connectivity index (χ2v) is 5.02. The topological polar surface area (TPSA) is 135 Å². The van der Waals surface area contributed by atoms with Gasteiger partial charge in [-0.25, -0.2) is 0 Å². The molecule has 2 rings (SSSR count). The molecule has 134 valence electrons. The number of nitrogens with zero attached hydrogens (tertiary/aromatic N) is 1. The zero-order valence-corrected chi connectivity index (χ0v) is 14.8. The second-order valence-electron chi connectivity index (χ2n) is 5.02. The monoisotopic (exact) mass is 376 g/mol. The minimum atomic E-state index is -1.45. The van der Waals surface area contributed by atoms with E-state index in [0.717, 1.165) is 11.3 Å². The van der Waals surface area contributed by atoms with Crippen LogP contribution in [0.4, 0.5) is 5.69 Å². The van der Waals surface area contributed by atoms with Crippen LogP contribution in [0.15, 0.2) is 29.3 Å². The van der Waals surface area contributed by atoms with Crippen molar-refractivity contribution in [3.8, 4) is 0 Å². The molecule has 7 N–H and O–H groups in total. The van der Waals surface area contributed by atoms with E-state index < -0.39 is 17.4 Å². The molecule has 1 atom stereocenters. The number of anilines is 1. The van der Waals surface area contributed by atoms with E-state index in [-0.39, 0.29) is 37.2 Å². The number of carbonyl (C=O) groups excluding carboxylic acids is 2. The van der Waals surface area contributed by atoms with Gasteiger partial charge in [-0.15, -0.1) is 24.8 Å². The molecule has 0 fully saturated rings. The molecule has 0 spiro atoms. The van der Waals surface area contributed by atoms with E-state index in [1.165, 1.54) is 0 Å². The van der Waals surface area contributed by atoms with Crippen molar-refractivity contribution in [2.75, 3.05) is 25.5 Å². The standard InChI is InChI=1S/C14H20N6O2.2ClH/c1-17-13(16)19-7-6-18-12(22)14(11(15)21)8-9-4-2-3-5-10(9)20-14;;/h2-5,20H,6-8H2,1H3,(H2,15,21)(H,18,22)(H3,16,17,19);2*1H. The minimum Gasteiger partial charge on any atom is -0.370 e. The number of benzene rings is 1. The number of nitrogens with one attached hydrogen (secondary N) is 3. The summed E-state index contributed by atoms with van der Waals surface area (Å²) in [4.78, 5) is 28.0. The number of hydrogen-bond donors (Lipinski definition) is 5. The van der Waals surface area contributed by atoms with Gasteiger partial charge in [-0.1, -0.05) is 18.2 Å². The number of primary amides is 1. The summed E-state index contributed by atoms with van der Waals surface area (Å²) in [6, 6.07) is 7.36. The average Bonchev–Trinajstić information content (AvgIpc) is 2.91. The molecule has 8 nitrogen and oxygen atoms in total. The molecule has 1 heterocycles. The molecular formula is C14H22Cl2N6O2. The lowest BCUT2D eigenvalue weighted by Gasteiger charge is -2.25. The predicted molar refractivity (Wildman–Crippen MR) is 98.7 cm³/mol. The van der Waals surface area contributed by atoms with Crippen molar-refractivity contribution in [1.29, 1.82) is 0 Å². The Morgan fingerprint density at radius 1 is 1.21 bits per heavy atom. The van der Waals surface area contributed by atoms with Gasteiger partial charge >= 0.3 is 0 Å². The normalized spacial score (nSPS) is 18.3. The Morgan fingerprint density at radius 3 is 2.42 bits per heavy atom. The Labute approximate surface area is 152 Å². The van der Waals surface area contributed by atoms with Crippen molar-refractivity contribution in [1.82, 2.24) is 10.6 Å². The van der Waals surface area contributed by atoms with E-state index in [4.69, 9.17) is 11.5 Å². The van der Waals surface area contributed by atoms with Gasteiger partial charge in [0.2, 0.25) is 0 Å². The quantitative estimate of drug-likeness (QED) is 0.202. The predicted octanol–water partition coefficient (Wildman–Crippen LogP) is -0.627. The largest absolute Gasteiger partial charge is 0.370 e. The molecule has 10 heteroatoms. The molecule has 0 aromatic heterocycles. The Balaban J connectivity index is 0.00000264. The van der Waals surface area contributed by atoms with Crippen LogP contribution in [-0.2, 0) is 16.0 Å². The molecule has 0 saturated carbocycles. The van der Waals surface area contributed by atoms with Gasteiger partial charge < -0.3 is 27.4 Å². The van der Waals surface area contributed by atoms with Crippen molar-refractivity contribution in [2.45, 2.75) is 12.0 Å². The fraction of sp³-hybridized carbons (Fsp3) is 0.357. The number of carbonyl (C=O) groups is 2. The van der Waals surface area contributed by atoms with Crippen molar-refractivity contribution in [2.24, 2.45) is 16.5 Å². The number of fused-ring (bicyclic) bond motifs is 1. The maximum Gasteiger partial charge on any atom is 0.255 e. The third-order valence-corrected chi connectivity index (χ3v) is 3.59. The number of guanidine groups is 1. The molecule has 24 heavy (non-hydrogen) atoms. The number of amides is 2. The van der Waals surface area contributed by atoms with Crippen LogP contribution >= 0.6 is 24.8 Å². The first-order valence-electron chi connectivity index (χ1n) is 6.90. The lowest BCUT2D eigenvalue weighted by atomic mass is 9.93. The van der Waals surface area contributed by atoms with Crippen LogP contribution < -0.4 is 27.4 Å². The molecule has 1 aliphatic rings. The Kier molecular flexibility index (Phi) is 8.35. The van der Waals surface area contributed by atoms with Gasteiger partial charge in [0, 0.05) is 32.2 Å². The van der Waals surface area contributed by atoms with Crippen LogP contribution in [0, 0.1) is 0 Å². The molecule has 0 aliphatic carbocycles. The highest BCUT2D eigenvalue weighted by Crippen LogP contribution is 2.32. The summed E-state index contributed by atoms with van der Waals surface area (Å²) in [7, 11) is 1.56. The van der Waals surface area contributed by atoms with Crippen LogP contribution in [0.5, 0.6) is 0 Å². The van der Waals surface area contributed by atoms with E-state index in [1.54, 1.807) is 7.05 Å². The van der Waals surface area contributed by atoms with Crippen molar-refractivity contribution in [3.63, 3.8) is 0 Å². The molecule has 1 aromatic rings.